The summed E-state index contributed by atoms with van der Waals surface area (Å²) < 4.78 is 11.6. The highest BCUT2D eigenvalue weighted by atomic mass is 16.5. The zero-order valence-electron chi connectivity index (χ0n) is 17.9. The lowest BCUT2D eigenvalue weighted by Crippen LogP contribution is -2.14. The standard InChI is InChI=1S/C27H25NO3/c1-18-8-6-9-19(2)26(18)28-27(29)21-14-15-24(30-3)22(16-21)17-31-25-13-7-11-20-10-4-5-12-23(20)25/h4-16H,17H2,1-3H3,(H,28,29). The first-order valence-electron chi connectivity index (χ1n) is 10.2. The number of amides is 1. The third kappa shape index (κ3) is 4.38. The van der Waals surface area contributed by atoms with Crippen molar-refractivity contribution in [2.75, 3.05) is 12.4 Å². The lowest BCUT2D eigenvalue weighted by molar-refractivity contribution is 0.102. The summed E-state index contributed by atoms with van der Waals surface area (Å²) in [6.45, 7) is 4.27. The van der Waals surface area contributed by atoms with Crippen molar-refractivity contribution < 1.29 is 14.3 Å². The molecule has 0 saturated heterocycles. The third-order valence-electron chi connectivity index (χ3n) is 5.40. The Bertz CT molecular complexity index is 1220. The molecule has 4 rings (SSSR count). The normalized spacial score (nSPS) is 10.7. The molecule has 0 spiro atoms. The summed E-state index contributed by atoms with van der Waals surface area (Å²) >= 11 is 0. The zero-order valence-corrected chi connectivity index (χ0v) is 17.9. The van der Waals surface area contributed by atoms with Gasteiger partial charge in [0.1, 0.15) is 18.1 Å². The molecule has 0 bridgehead atoms. The third-order valence-corrected chi connectivity index (χ3v) is 5.40. The largest absolute Gasteiger partial charge is 0.496 e. The van der Waals surface area contributed by atoms with Crippen molar-refractivity contribution in [2.24, 2.45) is 0 Å². The number of hydrogen-bond acceptors (Lipinski definition) is 3. The van der Waals surface area contributed by atoms with E-state index in [1.807, 2.05) is 68.4 Å². The molecule has 0 aliphatic rings. The maximum Gasteiger partial charge on any atom is 0.255 e. The molecule has 1 amide bonds. The molecule has 0 aliphatic heterocycles. The molecule has 0 heterocycles. The van der Waals surface area contributed by atoms with E-state index in [-0.39, 0.29) is 5.91 Å². The van der Waals surface area contributed by atoms with E-state index in [2.05, 4.69) is 17.4 Å². The molecule has 0 radical (unpaired) electrons. The quantitative estimate of drug-likeness (QED) is 0.405. The van der Waals surface area contributed by atoms with Gasteiger partial charge in [0.15, 0.2) is 0 Å². The molecule has 0 saturated carbocycles. The Morgan fingerprint density at radius 1 is 0.839 bits per heavy atom. The molecule has 1 N–H and O–H groups in total. The summed E-state index contributed by atoms with van der Waals surface area (Å²) in [5.41, 5.74) is 4.27. The maximum absolute atomic E-state index is 12.9. The van der Waals surface area contributed by atoms with E-state index in [0.717, 1.165) is 38.9 Å². The van der Waals surface area contributed by atoms with Crippen molar-refractivity contribution in [2.45, 2.75) is 20.5 Å². The fourth-order valence-electron chi connectivity index (χ4n) is 3.71. The summed E-state index contributed by atoms with van der Waals surface area (Å²) in [5, 5.41) is 5.21. The zero-order chi connectivity index (χ0) is 21.8. The van der Waals surface area contributed by atoms with Gasteiger partial charge in [-0.2, -0.15) is 0 Å². The molecular formula is C27H25NO3. The molecule has 4 heteroatoms. The van der Waals surface area contributed by atoms with E-state index in [0.29, 0.717) is 17.9 Å². The second-order valence-corrected chi connectivity index (χ2v) is 7.51. The van der Waals surface area contributed by atoms with Gasteiger partial charge in [0.05, 0.1) is 7.11 Å². The number of nitrogens with one attached hydrogen (secondary N) is 1. The minimum absolute atomic E-state index is 0.161. The number of para-hydroxylation sites is 1. The lowest BCUT2D eigenvalue weighted by atomic mass is 10.1. The molecule has 0 aliphatic carbocycles. The highest BCUT2D eigenvalue weighted by Gasteiger charge is 2.13. The summed E-state index contributed by atoms with van der Waals surface area (Å²) in [7, 11) is 1.62. The first-order chi connectivity index (χ1) is 15.1. The van der Waals surface area contributed by atoms with E-state index in [1.165, 1.54) is 0 Å². The Hall–Kier alpha value is -3.79. The van der Waals surface area contributed by atoms with Gasteiger partial charge in [-0.25, -0.2) is 0 Å². The predicted molar refractivity (Wildman–Crippen MR) is 125 cm³/mol. The second-order valence-electron chi connectivity index (χ2n) is 7.51. The smallest absolute Gasteiger partial charge is 0.255 e. The molecule has 0 aromatic heterocycles. The number of hydrogen-bond donors (Lipinski definition) is 1. The van der Waals surface area contributed by atoms with Crippen molar-refractivity contribution in [1.29, 1.82) is 0 Å². The molecule has 31 heavy (non-hydrogen) atoms. The van der Waals surface area contributed by atoms with Crippen molar-refractivity contribution in [1.82, 2.24) is 0 Å². The number of methoxy groups -OCH3 is 1. The summed E-state index contributed by atoms with van der Waals surface area (Å²) in [6.07, 6.45) is 0. The minimum atomic E-state index is -0.161. The molecule has 0 unspecified atom stereocenters. The van der Waals surface area contributed by atoms with Crippen LogP contribution in [0.15, 0.2) is 78.9 Å². The fraction of sp³-hybridized carbons (Fsp3) is 0.148. The minimum Gasteiger partial charge on any atom is -0.496 e. The van der Waals surface area contributed by atoms with Gasteiger partial charge in [0.25, 0.3) is 5.91 Å². The number of aryl methyl sites for hydroxylation is 2. The predicted octanol–water partition coefficient (Wildman–Crippen LogP) is 6.30. The van der Waals surface area contributed by atoms with E-state index >= 15 is 0 Å². The monoisotopic (exact) mass is 411 g/mol. The number of rotatable bonds is 6. The summed E-state index contributed by atoms with van der Waals surface area (Å²) in [5.74, 6) is 1.32. The van der Waals surface area contributed by atoms with Gasteiger partial charge in [0.2, 0.25) is 0 Å². The Kier molecular flexibility index (Phi) is 5.89. The van der Waals surface area contributed by atoms with Gasteiger partial charge in [-0.1, -0.05) is 54.6 Å². The topological polar surface area (TPSA) is 47.6 Å². The molecular weight excluding hydrogens is 386 g/mol. The second kappa shape index (κ2) is 8.92. The summed E-state index contributed by atoms with van der Waals surface area (Å²) in [6, 6.07) is 25.4. The van der Waals surface area contributed by atoms with E-state index in [4.69, 9.17) is 9.47 Å². The molecule has 0 fully saturated rings. The van der Waals surface area contributed by atoms with Crippen molar-refractivity contribution >= 4 is 22.4 Å². The number of carbonyl (C=O) groups excluding carboxylic acids is 1. The van der Waals surface area contributed by atoms with E-state index in [9.17, 15) is 4.79 Å². The molecule has 4 aromatic carbocycles. The van der Waals surface area contributed by atoms with Crippen LogP contribution < -0.4 is 14.8 Å². The highest BCUT2D eigenvalue weighted by molar-refractivity contribution is 6.05. The first kappa shape index (κ1) is 20.5. The van der Waals surface area contributed by atoms with Crippen LogP contribution in [-0.2, 0) is 6.61 Å². The molecule has 4 nitrogen and oxygen atoms in total. The van der Waals surface area contributed by atoms with Crippen LogP contribution in [0.1, 0.15) is 27.0 Å². The van der Waals surface area contributed by atoms with Gasteiger partial charge < -0.3 is 14.8 Å². The van der Waals surface area contributed by atoms with Gasteiger partial charge in [-0.05, 0) is 54.6 Å². The Balaban J connectivity index is 1.58. The Morgan fingerprint density at radius 3 is 2.32 bits per heavy atom. The van der Waals surface area contributed by atoms with Gasteiger partial charge in [-0.15, -0.1) is 0 Å². The van der Waals surface area contributed by atoms with Crippen LogP contribution in [0, 0.1) is 13.8 Å². The van der Waals surface area contributed by atoms with Crippen LogP contribution in [0.3, 0.4) is 0 Å². The van der Waals surface area contributed by atoms with Crippen molar-refractivity contribution in [3.63, 3.8) is 0 Å². The van der Waals surface area contributed by atoms with Crippen LogP contribution >= 0.6 is 0 Å². The molecule has 156 valence electrons. The van der Waals surface area contributed by atoms with Crippen molar-refractivity contribution in [3.8, 4) is 11.5 Å². The Morgan fingerprint density at radius 2 is 1.55 bits per heavy atom. The average Bonchev–Trinajstić information content (AvgIpc) is 2.79. The van der Waals surface area contributed by atoms with Crippen LogP contribution in [0.4, 0.5) is 5.69 Å². The number of anilines is 1. The van der Waals surface area contributed by atoms with E-state index < -0.39 is 0 Å². The number of fused-ring (bicyclic) bond motifs is 1. The van der Waals surface area contributed by atoms with Crippen molar-refractivity contribution in [3.05, 3.63) is 101 Å². The SMILES string of the molecule is COc1ccc(C(=O)Nc2c(C)cccc2C)cc1COc1cccc2ccccc12. The van der Waals surface area contributed by atoms with Crippen LogP contribution in [0.25, 0.3) is 10.8 Å². The van der Waals surface area contributed by atoms with Gasteiger partial charge in [-0.3, -0.25) is 4.79 Å². The average molecular weight is 412 g/mol. The molecule has 4 aromatic rings. The van der Waals surface area contributed by atoms with Crippen LogP contribution in [-0.4, -0.2) is 13.0 Å². The number of benzene rings is 4. The fourth-order valence-corrected chi connectivity index (χ4v) is 3.71. The highest BCUT2D eigenvalue weighted by Crippen LogP contribution is 2.28. The van der Waals surface area contributed by atoms with E-state index in [1.54, 1.807) is 19.2 Å². The van der Waals surface area contributed by atoms with Gasteiger partial charge >= 0.3 is 0 Å². The maximum atomic E-state index is 12.9. The number of ether oxygens (including phenoxy) is 2. The lowest BCUT2D eigenvalue weighted by Gasteiger charge is -2.15. The first-order valence-corrected chi connectivity index (χ1v) is 10.2. The van der Waals surface area contributed by atoms with Gasteiger partial charge in [0, 0.05) is 22.2 Å². The molecule has 0 atom stereocenters. The van der Waals surface area contributed by atoms with Crippen LogP contribution in [0.5, 0.6) is 11.5 Å². The number of carbonyl (C=O) groups is 1. The Labute approximate surface area is 182 Å². The van der Waals surface area contributed by atoms with Crippen LogP contribution in [0.2, 0.25) is 0 Å². The summed E-state index contributed by atoms with van der Waals surface area (Å²) in [4.78, 5) is 12.9.